The molecule has 8 rings (SSSR count). The molecule has 0 atom stereocenters. The minimum Gasteiger partial charge on any atom is -0.505 e. The lowest BCUT2D eigenvalue weighted by molar-refractivity contribution is -0.122. The van der Waals surface area contributed by atoms with Crippen LogP contribution in [0, 0.1) is 6.92 Å². The maximum absolute atomic E-state index is 13.0. The largest absolute Gasteiger partial charge is 0.505 e. The second-order valence-corrected chi connectivity index (χ2v) is 19.5. The van der Waals surface area contributed by atoms with Gasteiger partial charge in [0.1, 0.15) is 33.4 Å². The second kappa shape index (κ2) is 26.4. The van der Waals surface area contributed by atoms with Crippen LogP contribution in [0.25, 0.3) is 37.9 Å². The van der Waals surface area contributed by atoms with E-state index in [-0.39, 0.29) is 75.7 Å². The average Bonchev–Trinajstić information content (AvgIpc) is 3.94. The minimum absolute atomic E-state index is 0.0724. The van der Waals surface area contributed by atoms with Crippen molar-refractivity contribution in [2.75, 3.05) is 12.4 Å². The van der Waals surface area contributed by atoms with E-state index in [1.807, 2.05) is 24.3 Å². The van der Waals surface area contributed by atoms with Gasteiger partial charge in [-0.05, 0) is 73.5 Å². The highest BCUT2D eigenvalue weighted by atomic mass is 32.2. The first kappa shape index (κ1) is 58.8. The Labute approximate surface area is 440 Å². The molecule has 0 bridgehead atoms. The van der Waals surface area contributed by atoms with E-state index in [1.165, 1.54) is 65.9 Å². The molecule has 33 heteroatoms. The molecule has 0 saturated carbocycles. The number of para-hydroxylation sites is 1. The third-order valence-electron chi connectivity index (χ3n) is 9.69. The first-order valence-electron chi connectivity index (χ1n) is 20.8. The van der Waals surface area contributed by atoms with Crippen LogP contribution in [0.1, 0.15) is 22.3 Å². The first-order chi connectivity index (χ1) is 36.4. The minimum atomic E-state index is -5.08. The summed E-state index contributed by atoms with van der Waals surface area (Å²) in [4.78, 5) is 23.8. The molecule has 0 aliphatic carbocycles. The Morgan fingerprint density at radius 3 is 1.96 bits per heavy atom. The van der Waals surface area contributed by atoms with Crippen LogP contribution >= 0.6 is 11.3 Å². The van der Waals surface area contributed by atoms with E-state index < -0.39 is 69.7 Å². The number of thiazole rings is 1. The predicted molar refractivity (Wildman–Crippen MR) is 271 cm³/mol. The van der Waals surface area contributed by atoms with E-state index in [9.17, 15) is 46.1 Å². The highest BCUT2D eigenvalue weighted by Crippen LogP contribution is 2.45. The van der Waals surface area contributed by atoms with Gasteiger partial charge in [-0.15, -0.1) is 55.9 Å². The van der Waals surface area contributed by atoms with E-state index in [2.05, 4.69) is 40.8 Å². The fraction of sp³-hybridized carbons (Fsp3) is 0.0909. The highest BCUT2D eigenvalue weighted by molar-refractivity contribution is 7.86. The second-order valence-electron chi connectivity index (χ2n) is 14.7. The third-order valence-corrected chi connectivity index (χ3v) is 12.4. The number of hydrogen-bond acceptors (Lipinski definition) is 24. The summed E-state index contributed by atoms with van der Waals surface area (Å²) in [6.45, 7) is 1.32. The van der Waals surface area contributed by atoms with Crippen LogP contribution < -0.4 is 4.74 Å². The van der Waals surface area contributed by atoms with Crippen LogP contribution in [0.4, 0.5) is 33.6 Å². The number of benzene rings is 6. The fourth-order valence-corrected chi connectivity index (χ4v) is 8.70. The first-order valence-corrected chi connectivity index (χ1v) is 26.7. The molecule has 0 aliphatic heterocycles. The zero-order valence-corrected chi connectivity index (χ0v) is 42.8. The van der Waals surface area contributed by atoms with Gasteiger partial charge in [0.2, 0.25) is 11.0 Å². The van der Waals surface area contributed by atoms with Gasteiger partial charge in [0, 0.05) is 22.4 Å². The van der Waals surface area contributed by atoms with Crippen LogP contribution in [-0.2, 0) is 46.2 Å². The van der Waals surface area contributed by atoms with Crippen molar-refractivity contribution in [1.82, 2.24) is 14.8 Å². The molecule has 77 heavy (non-hydrogen) atoms. The average molecular weight is 1150 g/mol. The summed E-state index contributed by atoms with van der Waals surface area (Å²) in [5.41, 5.74) is 1.76. The number of azo groups is 3. The standard InChI is InChI=1S/C43H33N9O11S3.CH2O2.2O3S/c1-24-21-34(35(63-19-8-20-65(57,58)59)23-33(24)47-50-43-44-30-13-5-6-14-36(30)64-43)48-45-31-17-16-29-28(39(31)53)15-18-32(40(29)66(60,61)62)46-49-38-37(25-9-3-2-4-10-25)51-52(41(38)54)27-12-7-11-26(22-27)42(55)56;2-1-3;2*1-4(2)3/h2-7,9-18,21-23,53-54H,8,19-20H2,1H3,(H,55,56)(H,57,58,59)(H,60,61,62);1H,(H,2,3);;. The zero-order chi connectivity index (χ0) is 56.6. The number of carbonyl (C=O) groups is 2. The SMILES string of the molecule is Cc1cc(N=Nc2ccc3c(S(=O)(=O)O)c(N=Nc4c(-c5ccccc5)nn(-c5cccc(C(=O)O)c5)c4O)ccc3c2O)c(OCCCS(=O)(=O)O)cc1N=Nc1nc2ccccc2s1.O=CO.O=S(=O)=O.O=S(=O)=O. The molecule has 0 fully saturated rings. The van der Waals surface area contributed by atoms with Gasteiger partial charge in [-0.2, -0.15) is 26.6 Å². The molecule has 0 spiro atoms. The molecule has 0 amide bonds. The number of aromatic hydroxyl groups is 2. The van der Waals surface area contributed by atoms with Gasteiger partial charge in [-0.3, -0.25) is 13.9 Å². The lowest BCUT2D eigenvalue weighted by Crippen LogP contribution is -2.08. The van der Waals surface area contributed by atoms with Crippen LogP contribution in [0.2, 0.25) is 0 Å². The Morgan fingerprint density at radius 2 is 1.32 bits per heavy atom. The molecule has 0 unspecified atom stereocenters. The summed E-state index contributed by atoms with van der Waals surface area (Å²) in [5.74, 6) is -2.77. The summed E-state index contributed by atoms with van der Waals surface area (Å²) in [5, 5.41) is 69.2. The number of aromatic nitrogens is 3. The molecule has 0 saturated heterocycles. The Hall–Kier alpha value is -9.12. The van der Waals surface area contributed by atoms with Crippen molar-refractivity contribution in [2.24, 2.45) is 30.7 Å². The number of carboxylic acid groups (broad SMARTS) is 2. The fourth-order valence-electron chi connectivity index (χ4n) is 6.60. The number of hydrogen-bond donors (Lipinski definition) is 6. The van der Waals surface area contributed by atoms with Gasteiger partial charge >= 0.3 is 27.2 Å². The van der Waals surface area contributed by atoms with Crippen molar-refractivity contribution >= 4 is 120 Å². The number of nitrogens with zero attached hydrogens (tertiary/aromatic N) is 9. The predicted octanol–water partition coefficient (Wildman–Crippen LogP) is 8.56. The van der Waals surface area contributed by atoms with Crippen molar-refractivity contribution in [3.63, 3.8) is 0 Å². The van der Waals surface area contributed by atoms with E-state index in [1.54, 1.807) is 43.3 Å². The van der Waals surface area contributed by atoms with E-state index in [4.69, 9.17) is 39.9 Å². The summed E-state index contributed by atoms with van der Waals surface area (Å²) in [6, 6.07) is 29.7. The maximum Gasteiger partial charge on any atom is 0.425 e. The van der Waals surface area contributed by atoms with Crippen molar-refractivity contribution in [3.8, 4) is 34.3 Å². The number of phenolic OH excluding ortho intramolecular Hbond substituents is 1. The van der Waals surface area contributed by atoms with Gasteiger partial charge in [-0.1, -0.05) is 65.9 Å². The Bertz CT molecular complexity index is 4010. The van der Waals surface area contributed by atoms with Crippen LogP contribution in [0.15, 0.2) is 151 Å². The molecule has 2 heterocycles. The van der Waals surface area contributed by atoms with Gasteiger partial charge in [0.25, 0.3) is 26.7 Å². The van der Waals surface area contributed by atoms with E-state index in [0.717, 1.165) is 14.9 Å². The van der Waals surface area contributed by atoms with Crippen molar-refractivity contribution in [2.45, 2.75) is 18.2 Å². The number of ether oxygens (including phenoxy) is 1. The molecule has 2 aromatic heterocycles. The Balaban J connectivity index is 0.000000911. The third kappa shape index (κ3) is 16.4. The molecule has 8 aromatic rings. The van der Waals surface area contributed by atoms with Crippen LogP contribution in [0.3, 0.4) is 0 Å². The Morgan fingerprint density at radius 1 is 0.727 bits per heavy atom. The number of carboxylic acids is 1. The van der Waals surface area contributed by atoms with Crippen molar-refractivity contribution in [3.05, 3.63) is 126 Å². The van der Waals surface area contributed by atoms with Gasteiger partial charge in [0.05, 0.1) is 39.5 Å². The Kier molecular flexibility index (Phi) is 20.1. The number of aromatic carboxylic acids is 1. The van der Waals surface area contributed by atoms with Crippen LogP contribution in [0.5, 0.6) is 17.4 Å². The molecule has 28 nitrogen and oxygen atoms in total. The van der Waals surface area contributed by atoms with Gasteiger partial charge in [0.15, 0.2) is 11.4 Å². The molecular weight excluding hydrogens is 1120 g/mol. The highest BCUT2D eigenvalue weighted by Gasteiger charge is 2.25. The number of phenols is 1. The van der Waals surface area contributed by atoms with E-state index in [0.29, 0.717) is 21.9 Å². The van der Waals surface area contributed by atoms with Gasteiger partial charge in [-0.25, -0.2) is 9.78 Å². The quantitative estimate of drug-likeness (QED) is 0.0242. The summed E-state index contributed by atoms with van der Waals surface area (Å²) < 4.78 is 127. The van der Waals surface area contributed by atoms with Crippen molar-refractivity contribution < 1.29 is 85.9 Å². The molecule has 400 valence electrons. The molecule has 6 aromatic carbocycles. The van der Waals surface area contributed by atoms with E-state index >= 15 is 0 Å². The lowest BCUT2D eigenvalue weighted by Gasteiger charge is -2.11. The maximum atomic E-state index is 13.0. The number of fused-ring (bicyclic) bond motifs is 2. The van der Waals surface area contributed by atoms with Crippen molar-refractivity contribution in [1.29, 1.82) is 0 Å². The van der Waals surface area contributed by atoms with Gasteiger partial charge < -0.3 is 25.2 Å². The topological polar surface area (TPSA) is 440 Å². The molecule has 0 radical (unpaired) electrons. The summed E-state index contributed by atoms with van der Waals surface area (Å²) in [6.07, 6.45) is -0.0724. The normalized spacial score (nSPS) is 11.4. The smallest absolute Gasteiger partial charge is 0.425 e. The number of rotatable bonds is 15. The molecular formula is C44H35N9O19S5. The number of aryl methyl sites for hydroxylation is 1. The lowest BCUT2D eigenvalue weighted by atomic mass is 10.1. The van der Waals surface area contributed by atoms with Crippen LogP contribution in [-0.4, -0.2) is 111 Å². The zero-order valence-electron chi connectivity index (χ0n) is 38.7. The molecule has 0 aliphatic rings. The monoisotopic (exact) mass is 1150 g/mol. The molecule has 6 N–H and O–H groups in total. The summed E-state index contributed by atoms with van der Waals surface area (Å²) in [7, 11) is -15.6. The summed E-state index contributed by atoms with van der Waals surface area (Å²) >= 11 is 1.34.